The molecule has 1 atom stereocenters. The Morgan fingerprint density at radius 2 is 1.94 bits per heavy atom. The van der Waals surface area contributed by atoms with Gasteiger partial charge >= 0.3 is 6.09 Å². The second-order valence-corrected chi connectivity index (χ2v) is 10.2. The molecule has 1 aromatic heterocycles. The number of aliphatic hydroxyl groups is 1. The number of aromatic nitrogens is 1. The molecule has 2 saturated heterocycles. The van der Waals surface area contributed by atoms with E-state index in [2.05, 4.69) is 10.3 Å². The van der Waals surface area contributed by atoms with Crippen molar-refractivity contribution in [2.24, 2.45) is 0 Å². The second kappa shape index (κ2) is 8.61. The molecule has 2 aliphatic rings. The molecule has 0 saturated carbocycles. The molecule has 34 heavy (non-hydrogen) atoms. The number of carbonyl (C=O) groups is 3. The van der Waals surface area contributed by atoms with Crippen LogP contribution in [0.15, 0.2) is 18.2 Å². The van der Waals surface area contributed by atoms with Crippen LogP contribution < -0.4 is 5.32 Å². The van der Waals surface area contributed by atoms with Crippen LogP contribution in [-0.4, -0.2) is 51.6 Å². The summed E-state index contributed by atoms with van der Waals surface area (Å²) in [6.45, 7) is 7.58. The van der Waals surface area contributed by atoms with Crippen LogP contribution in [-0.2, 0) is 19.9 Å². The largest absolute Gasteiger partial charge is 0.444 e. The van der Waals surface area contributed by atoms with E-state index < -0.39 is 34.9 Å². The first-order valence-electron chi connectivity index (χ1n) is 11.5. The highest BCUT2D eigenvalue weighted by Crippen LogP contribution is 2.38. The molecular formula is C25H30FN3O5. The van der Waals surface area contributed by atoms with Gasteiger partial charge in [-0.2, -0.15) is 0 Å². The lowest BCUT2D eigenvalue weighted by Crippen LogP contribution is -2.47. The molecule has 0 aliphatic carbocycles. The van der Waals surface area contributed by atoms with Crippen molar-refractivity contribution >= 4 is 28.8 Å². The predicted molar refractivity (Wildman–Crippen MR) is 123 cm³/mol. The molecule has 2 N–H and O–H groups in total. The maximum absolute atomic E-state index is 15.8. The first-order chi connectivity index (χ1) is 15.9. The third-order valence-corrected chi connectivity index (χ3v) is 6.52. The van der Waals surface area contributed by atoms with Crippen LogP contribution in [0.2, 0.25) is 0 Å². The van der Waals surface area contributed by atoms with E-state index in [9.17, 15) is 19.5 Å². The van der Waals surface area contributed by atoms with Crippen LogP contribution >= 0.6 is 0 Å². The van der Waals surface area contributed by atoms with Crippen molar-refractivity contribution in [3.05, 3.63) is 40.8 Å². The highest BCUT2D eigenvalue weighted by atomic mass is 19.1. The summed E-state index contributed by atoms with van der Waals surface area (Å²) in [5.74, 6) is -1.91. The summed E-state index contributed by atoms with van der Waals surface area (Å²) in [5.41, 5.74) is -0.343. The number of ether oxygens (including phenoxy) is 1. The summed E-state index contributed by atoms with van der Waals surface area (Å²) in [5, 5.41) is 13.9. The fourth-order valence-corrected chi connectivity index (χ4v) is 4.68. The second-order valence-electron chi connectivity index (χ2n) is 10.2. The highest BCUT2D eigenvalue weighted by Gasteiger charge is 2.39. The van der Waals surface area contributed by atoms with E-state index in [4.69, 9.17) is 4.74 Å². The minimum Gasteiger partial charge on any atom is -0.444 e. The average Bonchev–Trinajstić information content (AvgIpc) is 2.73. The lowest BCUT2D eigenvalue weighted by Gasteiger charge is -2.39. The SMILES string of the molecule is Cc1nc2ccc(C3(O)CCN(C(=O)OC(C)(C)C)CC3)c(F)c2cc1C1CCC(=O)NC1=O. The zero-order valence-corrected chi connectivity index (χ0v) is 19.9. The number of halogens is 1. The van der Waals surface area contributed by atoms with Gasteiger partial charge in [0.15, 0.2) is 0 Å². The monoisotopic (exact) mass is 471 g/mol. The van der Waals surface area contributed by atoms with Crippen LogP contribution in [0.5, 0.6) is 0 Å². The Morgan fingerprint density at radius 3 is 2.56 bits per heavy atom. The molecule has 2 aromatic rings. The van der Waals surface area contributed by atoms with Crippen molar-refractivity contribution in [2.45, 2.75) is 70.5 Å². The first-order valence-corrected chi connectivity index (χ1v) is 11.5. The van der Waals surface area contributed by atoms with Crippen LogP contribution in [0.25, 0.3) is 10.9 Å². The summed E-state index contributed by atoms with van der Waals surface area (Å²) < 4.78 is 21.2. The Balaban J connectivity index is 1.62. The lowest BCUT2D eigenvalue weighted by atomic mass is 9.83. The standard InChI is InChI=1S/C25H30FN3O5/c1-14-16(15-5-8-20(30)28-22(15)31)13-17-19(27-14)7-6-18(21(17)26)25(33)9-11-29(12-10-25)23(32)34-24(2,3)4/h6-7,13,15,33H,5,8-12H2,1-4H3,(H,28,30,31). The van der Waals surface area contributed by atoms with E-state index >= 15 is 4.39 Å². The fourth-order valence-electron chi connectivity index (χ4n) is 4.68. The minimum atomic E-state index is -1.45. The Labute approximate surface area is 197 Å². The number of nitrogens with one attached hydrogen (secondary N) is 1. The summed E-state index contributed by atoms with van der Waals surface area (Å²) >= 11 is 0. The third kappa shape index (κ3) is 4.61. The Bertz CT molecular complexity index is 1170. The number of piperidine rings is 2. The number of fused-ring (bicyclic) bond motifs is 1. The number of rotatable bonds is 2. The number of hydrogen-bond acceptors (Lipinski definition) is 6. The van der Waals surface area contributed by atoms with E-state index in [-0.39, 0.29) is 49.2 Å². The predicted octanol–water partition coefficient (Wildman–Crippen LogP) is 3.42. The number of amides is 3. The van der Waals surface area contributed by atoms with Crippen molar-refractivity contribution in [3.63, 3.8) is 0 Å². The molecule has 2 aliphatic heterocycles. The van der Waals surface area contributed by atoms with Crippen molar-refractivity contribution in [2.75, 3.05) is 13.1 Å². The van der Waals surface area contributed by atoms with Gasteiger partial charge in [0.1, 0.15) is 11.4 Å². The number of hydrogen-bond donors (Lipinski definition) is 2. The van der Waals surface area contributed by atoms with Crippen molar-refractivity contribution < 1.29 is 28.6 Å². The summed E-state index contributed by atoms with van der Waals surface area (Å²) in [4.78, 5) is 42.3. The molecule has 0 radical (unpaired) electrons. The summed E-state index contributed by atoms with van der Waals surface area (Å²) in [7, 11) is 0. The van der Waals surface area contributed by atoms with Gasteiger partial charge in [-0.1, -0.05) is 6.07 Å². The topological polar surface area (TPSA) is 109 Å². The lowest BCUT2D eigenvalue weighted by molar-refractivity contribution is -0.134. The van der Waals surface area contributed by atoms with Crippen molar-refractivity contribution in [3.8, 4) is 0 Å². The molecule has 1 unspecified atom stereocenters. The quantitative estimate of drug-likeness (QED) is 0.650. The molecule has 4 rings (SSSR count). The van der Waals surface area contributed by atoms with Crippen molar-refractivity contribution in [1.29, 1.82) is 0 Å². The van der Waals surface area contributed by atoms with Crippen LogP contribution in [0.3, 0.4) is 0 Å². The van der Waals surface area contributed by atoms with Gasteiger partial charge in [-0.15, -0.1) is 0 Å². The zero-order valence-electron chi connectivity index (χ0n) is 19.9. The van der Waals surface area contributed by atoms with Gasteiger partial charge in [0.05, 0.1) is 17.0 Å². The Kier molecular flexibility index (Phi) is 6.10. The van der Waals surface area contributed by atoms with Crippen LogP contribution in [0.4, 0.5) is 9.18 Å². The number of pyridine rings is 1. The smallest absolute Gasteiger partial charge is 0.410 e. The highest BCUT2D eigenvalue weighted by molar-refractivity contribution is 6.01. The molecule has 2 fully saturated rings. The molecule has 0 bridgehead atoms. The van der Waals surface area contributed by atoms with Gasteiger partial charge in [0, 0.05) is 36.2 Å². The molecule has 182 valence electrons. The van der Waals surface area contributed by atoms with Gasteiger partial charge < -0.3 is 14.7 Å². The Morgan fingerprint density at radius 1 is 1.26 bits per heavy atom. The number of carbonyl (C=O) groups excluding carboxylic acids is 3. The number of benzene rings is 1. The molecule has 1 aromatic carbocycles. The van der Waals surface area contributed by atoms with Gasteiger partial charge in [-0.3, -0.25) is 19.9 Å². The van der Waals surface area contributed by atoms with Gasteiger partial charge in [0.2, 0.25) is 11.8 Å². The third-order valence-electron chi connectivity index (χ3n) is 6.52. The molecule has 0 spiro atoms. The van der Waals surface area contributed by atoms with Crippen LogP contribution in [0, 0.1) is 12.7 Å². The van der Waals surface area contributed by atoms with Crippen LogP contribution in [0.1, 0.15) is 69.2 Å². The average molecular weight is 472 g/mol. The maximum Gasteiger partial charge on any atom is 0.410 e. The van der Waals surface area contributed by atoms with Gasteiger partial charge in [-0.25, -0.2) is 9.18 Å². The Hall–Kier alpha value is -3.07. The molecule has 9 heteroatoms. The zero-order chi connectivity index (χ0) is 24.8. The number of nitrogens with zero attached hydrogens (tertiary/aromatic N) is 2. The van der Waals surface area contributed by atoms with E-state index in [1.165, 1.54) is 4.90 Å². The van der Waals surface area contributed by atoms with E-state index in [1.807, 2.05) is 0 Å². The number of likely N-dealkylation sites (tertiary alicyclic amines) is 1. The van der Waals surface area contributed by atoms with E-state index in [1.54, 1.807) is 45.9 Å². The van der Waals surface area contributed by atoms with Gasteiger partial charge in [-0.05, 0) is 64.7 Å². The summed E-state index contributed by atoms with van der Waals surface area (Å²) in [6.07, 6.45) is 0.415. The maximum atomic E-state index is 15.8. The minimum absolute atomic E-state index is 0.142. The van der Waals surface area contributed by atoms with Crippen molar-refractivity contribution in [1.82, 2.24) is 15.2 Å². The number of imide groups is 1. The van der Waals surface area contributed by atoms with E-state index in [0.29, 0.717) is 23.2 Å². The molecular weight excluding hydrogens is 441 g/mol. The molecule has 8 nitrogen and oxygen atoms in total. The fraction of sp³-hybridized carbons (Fsp3) is 0.520. The van der Waals surface area contributed by atoms with E-state index in [0.717, 1.165) is 0 Å². The summed E-state index contributed by atoms with van der Waals surface area (Å²) in [6, 6.07) is 4.81. The molecule has 3 heterocycles. The normalized spacial score (nSPS) is 20.9. The molecule has 3 amide bonds. The van der Waals surface area contributed by atoms with Gasteiger partial charge in [0.25, 0.3) is 0 Å². The first kappa shape index (κ1) is 24.1. The number of aryl methyl sites for hydroxylation is 1.